The van der Waals surface area contributed by atoms with Gasteiger partial charge in [0.15, 0.2) is 0 Å². The molecule has 0 aliphatic heterocycles. The molecule has 0 saturated heterocycles. The van der Waals surface area contributed by atoms with Crippen LogP contribution in [0.15, 0.2) is 22.9 Å². The highest BCUT2D eigenvalue weighted by Gasteiger charge is 1.94. The highest BCUT2D eigenvalue weighted by atomic mass is 79.9. The fraction of sp³-hybridized carbons (Fsp3) is 0.615. The highest BCUT2D eigenvalue weighted by molar-refractivity contribution is 9.10. The molecular weight excluding hydrogens is 250 g/mol. The quantitative estimate of drug-likeness (QED) is 0.514. The van der Waals surface area contributed by atoms with Crippen LogP contribution in [0.2, 0.25) is 0 Å². The molecular formula is C13H20BrN. The molecule has 1 aromatic heterocycles. The lowest BCUT2D eigenvalue weighted by atomic mass is 10.1. The van der Waals surface area contributed by atoms with Crippen LogP contribution in [0.3, 0.4) is 0 Å². The van der Waals surface area contributed by atoms with E-state index in [1.54, 1.807) is 0 Å². The van der Waals surface area contributed by atoms with Crippen molar-refractivity contribution in [1.82, 2.24) is 4.98 Å². The molecule has 1 rings (SSSR count). The molecule has 0 aliphatic carbocycles. The van der Waals surface area contributed by atoms with Crippen LogP contribution in [0.25, 0.3) is 0 Å². The minimum atomic E-state index is 0.925. The van der Waals surface area contributed by atoms with Crippen molar-refractivity contribution in [3.63, 3.8) is 0 Å². The Hall–Kier alpha value is -0.370. The van der Waals surface area contributed by atoms with E-state index in [2.05, 4.69) is 33.9 Å². The van der Waals surface area contributed by atoms with Gasteiger partial charge in [0.05, 0.1) is 0 Å². The monoisotopic (exact) mass is 269 g/mol. The van der Waals surface area contributed by atoms with Gasteiger partial charge >= 0.3 is 0 Å². The Morgan fingerprint density at radius 2 is 1.80 bits per heavy atom. The van der Waals surface area contributed by atoms with Crippen molar-refractivity contribution in [2.45, 2.75) is 51.9 Å². The molecule has 1 aromatic rings. The summed E-state index contributed by atoms with van der Waals surface area (Å²) in [7, 11) is 0. The second-order valence-electron chi connectivity index (χ2n) is 4.01. The molecule has 15 heavy (non-hydrogen) atoms. The summed E-state index contributed by atoms with van der Waals surface area (Å²) in [5.41, 5.74) is 1.36. The normalized spacial score (nSPS) is 10.5. The molecule has 0 radical (unpaired) electrons. The molecule has 84 valence electrons. The minimum absolute atomic E-state index is 0.925. The van der Waals surface area contributed by atoms with Crippen molar-refractivity contribution < 1.29 is 0 Å². The summed E-state index contributed by atoms with van der Waals surface area (Å²) in [5, 5.41) is 0. The molecule has 0 amide bonds. The molecule has 1 nitrogen and oxygen atoms in total. The van der Waals surface area contributed by atoms with Crippen LogP contribution in [-0.2, 0) is 6.42 Å². The molecule has 0 spiro atoms. The summed E-state index contributed by atoms with van der Waals surface area (Å²) >= 11 is 3.34. The first kappa shape index (κ1) is 12.7. The molecule has 0 atom stereocenters. The smallest absolute Gasteiger partial charge is 0.106 e. The Labute approximate surface area is 101 Å². The van der Waals surface area contributed by atoms with Gasteiger partial charge < -0.3 is 0 Å². The van der Waals surface area contributed by atoms with Gasteiger partial charge in [-0.05, 0) is 40.4 Å². The van der Waals surface area contributed by atoms with E-state index in [0.29, 0.717) is 0 Å². The number of aryl methyl sites for hydroxylation is 1. The third-order valence-corrected chi connectivity index (χ3v) is 3.08. The fourth-order valence-electron chi connectivity index (χ4n) is 1.66. The number of hydrogen-bond acceptors (Lipinski definition) is 1. The second kappa shape index (κ2) is 7.86. The lowest BCUT2D eigenvalue weighted by molar-refractivity contribution is 0.607. The Morgan fingerprint density at radius 3 is 2.47 bits per heavy atom. The first-order valence-electron chi connectivity index (χ1n) is 5.93. The Morgan fingerprint density at radius 1 is 1.07 bits per heavy atom. The zero-order valence-electron chi connectivity index (χ0n) is 9.51. The van der Waals surface area contributed by atoms with Gasteiger partial charge in [-0.15, -0.1) is 0 Å². The first-order valence-corrected chi connectivity index (χ1v) is 6.72. The molecule has 0 N–H and O–H groups in total. The standard InChI is InChI=1S/C13H20BrN/c1-2-3-4-5-6-7-8-12-9-10-13(14)15-11-12/h9-11H,2-8H2,1H3. The summed E-state index contributed by atoms with van der Waals surface area (Å²) in [4.78, 5) is 4.22. The van der Waals surface area contributed by atoms with Gasteiger partial charge in [-0.3, -0.25) is 0 Å². The van der Waals surface area contributed by atoms with Gasteiger partial charge in [-0.25, -0.2) is 4.98 Å². The van der Waals surface area contributed by atoms with Crippen LogP contribution < -0.4 is 0 Å². The lowest BCUT2D eigenvalue weighted by Gasteiger charge is -2.01. The third kappa shape index (κ3) is 5.93. The van der Waals surface area contributed by atoms with Crippen molar-refractivity contribution in [2.24, 2.45) is 0 Å². The van der Waals surface area contributed by atoms with Gasteiger partial charge in [0, 0.05) is 6.20 Å². The van der Waals surface area contributed by atoms with Crippen molar-refractivity contribution in [3.8, 4) is 0 Å². The second-order valence-corrected chi connectivity index (χ2v) is 4.82. The van der Waals surface area contributed by atoms with Gasteiger partial charge in [0.1, 0.15) is 4.60 Å². The number of hydrogen-bond donors (Lipinski definition) is 0. The largest absolute Gasteiger partial charge is 0.249 e. The van der Waals surface area contributed by atoms with E-state index < -0.39 is 0 Å². The van der Waals surface area contributed by atoms with Crippen molar-refractivity contribution in [3.05, 3.63) is 28.5 Å². The summed E-state index contributed by atoms with van der Waals surface area (Å²) < 4.78 is 0.925. The topological polar surface area (TPSA) is 12.9 Å². The maximum atomic E-state index is 4.22. The van der Waals surface area contributed by atoms with Crippen molar-refractivity contribution >= 4 is 15.9 Å². The Bertz CT molecular complexity index is 256. The third-order valence-electron chi connectivity index (χ3n) is 2.61. The van der Waals surface area contributed by atoms with Crippen LogP contribution >= 0.6 is 15.9 Å². The van der Waals surface area contributed by atoms with E-state index >= 15 is 0 Å². The van der Waals surface area contributed by atoms with Gasteiger partial charge in [-0.1, -0.05) is 45.1 Å². The molecule has 2 heteroatoms. The number of pyridine rings is 1. The van der Waals surface area contributed by atoms with Crippen molar-refractivity contribution in [1.29, 1.82) is 0 Å². The molecule has 0 aromatic carbocycles. The minimum Gasteiger partial charge on any atom is -0.249 e. The molecule has 1 heterocycles. The number of halogens is 1. The van der Waals surface area contributed by atoms with Gasteiger partial charge in [-0.2, -0.15) is 0 Å². The predicted molar refractivity (Wildman–Crippen MR) is 69.0 cm³/mol. The zero-order chi connectivity index (χ0) is 10.9. The van der Waals surface area contributed by atoms with Crippen LogP contribution in [0.1, 0.15) is 51.0 Å². The summed E-state index contributed by atoms with van der Waals surface area (Å²) in [5.74, 6) is 0. The number of nitrogens with zero attached hydrogens (tertiary/aromatic N) is 1. The van der Waals surface area contributed by atoms with Crippen LogP contribution in [0.4, 0.5) is 0 Å². The fourth-order valence-corrected chi connectivity index (χ4v) is 1.90. The zero-order valence-corrected chi connectivity index (χ0v) is 11.1. The highest BCUT2D eigenvalue weighted by Crippen LogP contribution is 2.11. The van der Waals surface area contributed by atoms with Gasteiger partial charge in [0.25, 0.3) is 0 Å². The number of unbranched alkanes of at least 4 members (excludes halogenated alkanes) is 5. The summed E-state index contributed by atoms with van der Waals surface area (Å²) in [6, 6.07) is 4.18. The van der Waals surface area contributed by atoms with Crippen LogP contribution in [0, 0.1) is 0 Å². The van der Waals surface area contributed by atoms with Crippen molar-refractivity contribution in [2.75, 3.05) is 0 Å². The van der Waals surface area contributed by atoms with E-state index in [1.165, 1.54) is 50.5 Å². The van der Waals surface area contributed by atoms with E-state index in [1.807, 2.05) is 12.3 Å². The van der Waals surface area contributed by atoms with Crippen LogP contribution in [0.5, 0.6) is 0 Å². The average molecular weight is 270 g/mol. The van der Waals surface area contributed by atoms with Crippen LogP contribution in [-0.4, -0.2) is 4.98 Å². The predicted octanol–water partition coefficient (Wildman–Crippen LogP) is 4.75. The first-order chi connectivity index (χ1) is 7.33. The number of rotatable bonds is 7. The summed E-state index contributed by atoms with van der Waals surface area (Å²) in [6.07, 6.45) is 11.3. The molecule has 0 saturated carbocycles. The van der Waals surface area contributed by atoms with E-state index in [-0.39, 0.29) is 0 Å². The van der Waals surface area contributed by atoms with E-state index in [4.69, 9.17) is 0 Å². The SMILES string of the molecule is CCCCCCCCc1ccc(Br)nc1. The van der Waals surface area contributed by atoms with E-state index in [0.717, 1.165) is 4.60 Å². The van der Waals surface area contributed by atoms with Gasteiger partial charge in [0.2, 0.25) is 0 Å². The average Bonchev–Trinajstić information content (AvgIpc) is 2.26. The molecule has 0 fully saturated rings. The number of aromatic nitrogens is 1. The molecule has 0 unspecified atom stereocenters. The molecule has 0 bridgehead atoms. The maximum Gasteiger partial charge on any atom is 0.106 e. The maximum absolute atomic E-state index is 4.22. The lowest BCUT2D eigenvalue weighted by Crippen LogP contribution is -1.87. The van der Waals surface area contributed by atoms with E-state index in [9.17, 15) is 0 Å². The summed E-state index contributed by atoms with van der Waals surface area (Å²) in [6.45, 7) is 2.26. The Kier molecular flexibility index (Phi) is 6.66. The molecule has 0 aliphatic rings. The Balaban J connectivity index is 2.07.